The quantitative estimate of drug-likeness (QED) is 0.590. The van der Waals surface area contributed by atoms with E-state index in [-0.39, 0.29) is 15.7 Å². The van der Waals surface area contributed by atoms with Crippen LogP contribution in [0.2, 0.25) is 0 Å². The highest BCUT2D eigenvalue weighted by Gasteiger charge is 2.28. The molecule has 3 rings (SSSR count). The van der Waals surface area contributed by atoms with E-state index in [1.165, 1.54) is 16.6 Å². The lowest BCUT2D eigenvalue weighted by atomic mass is 10.1. The molecule has 1 N–H and O–H groups in total. The van der Waals surface area contributed by atoms with Crippen molar-refractivity contribution in [3.8, 4) is 0 Å². The van der Waals surface area contributed by atoms with Crippen LogP contribution < -0.4 is 9.21 Å². The van der Waals surface area contributed by atoms with E-state index in [9.17, 15) is 12.6 Å². The Morgan fingerprint density at radius 2 is 1.76 bits per heavy atom. The number of anilines is 2. The highest BCUT2D eigenvalue weighted by molar-refractivity contribution is 7.93. The number of sulfonamides is 1. The molecule has 0 aromatic heterocycles. The lowest BCUT2D eigenvalue weighted by Gasteiger charge is -2.28. The smallest absolute Gasteiger partial charge is 0.264 e. The maximum absolute atomic E-state index is 13.8. The molecular weight excluding hydrogens is 458 g/mol. The summed E-state index contributed by atoms with van der Waals surface area (Å²) < 4.78 is 55.7. The van der Waals surface area contributed by atoms with E-state index >= 15 is 0 Å². The molecule has 9 heteroatoms. The molecule has 2 aromatic carbocycles. The lowest BCUT2D eigenvalue weighted by Crippen LogP contribution is -2.34. The van der Waals surface area contributed by atoms with Gasteiger partial charge in [0.05, 0.1) is 37.5 Å². The molecule has 1 heterocycles. The SMILES string of the molecule is CCc1ccc(N(CC(C)C)S(=O)(=O)c2ccc(N3CCCOCC3)c(S(C)(=N)=O)c2)cc1. The van der Waals surface area contributed by atoms with Gasteiger partial charge in [-0.2, -0.15) is 0 Å². The summed E-state index contributed by atoms with van der Waals surface area (Å²) in [4.78, 5) is 2.33. The Morgan fingerprint density at radius 3 is 2.36 bits per heavy atom. The average molecular weight is 494 g/mol. The summed E-state index contributed by atoms with van der Waals surface area (Å²) in [6, 6.07) is 12.2. The summed E-state index contributed by atoms with van der Waals surface area (Å²) in [6.45, 7) is 8.83. The highest BCUT2D eigenvalue weighted by atomic mass is 32.2. The molecule has 182 valence electrons. The molecule has 0 radical (unpaired) electrons. The molecule has 1 saturated heterocycles. The molecule has 0 spiro atoms. The minimum absolute atomic E-state index is 0.0503. The molecule has 0 amide bonds. The topological polar surface area (TPSA) is 90.8 Å². The van der Waals surface area contributed by atoms with Crippen molar-refractivity contribution in [3.63, 3.8) is 0 Å². The van der Waals surface area contributed by atoms with Gasteiger partial charge in [-0.15, -0.1) is 0 Å². The van der Waals surface area contributed by atoms with Crippen molar-refractivity contribution >= 4 is 31.1 Å². The Morgan fingerprint density at radius 1 is 1.06 bits per heavy atom. The number of benzene rings is 2. The fraction of sp³-hybridized carbons (Fsp3) is 0.500. The Bertz CT molecular complexity index is 1150. The van der Waals surface area contributed by atoms with Gasteiger partial charge in [0.2, 0.25) is 0 Å². The van der Waals surface area contributed by atoms with Crippen molar-refractivity contribution < 1.29 is 17.4 Å². The third-order valence-corrected chi connectivity index (χ3v) is 8.62. The van der Waals surface area contributed by atoms with Crippen molar-refractivity contribution in [3.05, 3.63) is 48.0 Å². The average Bonchev–Trinajstić information content (AvgIpc) is 3.06. The van der Waals surface area contributed by atoms with Crippen LogP contribution >= 0.6 is 0 Å². The van der Waals surface area contributed by atoms with Crippen LogP contribution in [0, 0.1) is 10.7 Å². The number of rotatable bonds is 8. The van der Waals surface area contributed by atoms with Gasteiger partial charge in [-0.1, -0.05) is 32.9 Å². The Labute approximate surface area is 198 Å². The first-order chi connectivity index (χ1) is 15.5. The second kappa shape index (κ2) is 10.4. The maximum Gasteiger partial charge on any atom is 0.264 e. The van der Waals surface area contributed by atoms with E-state index in [1.54, 1.807) is 12.1 Å². The van der Waals surface area contributed by atoms with Gasteiger partial charge in [-0.05, 0) is 54.7 Å². The number of hydrogen-bond acceptors (Lipinski definition) is 6. The van der Waals surface area contributed by atoms with E-state index in [0.29, 0.717) is 44.2 Å². The van der Waals surface area contributed by atoms with Crippen molar-refractivity contribution in [2.45, 2.75) is 43.4 Å². The number of nitrogens with zero attached hydrogens (tertiary/aromatic N) is 2. The second-order valence-corrected chi connectivity index (χ2v) is 12.9. The normalized spacial score (nSPS) is 16.9. The summed E-state index contributed by atoms with van der Waals surface area (Å²) in [6.07, 6.45) is 3.03. The van der Waals surface area contributed by atoms with Crippen LogP contribution in [0.4, 0.5) is 11.4 Å². The van der Waals surface area contributed by atoms with Gasteiger partial charge in [0.1, 0.15) is 0 Å². The summed E-state index contributed by atoms with van der Waals surface area (Å²) in [5.41, 5.74) is 2.37. The molecule has 33 heavy (non-hydrogen) atoms. The third-order valence-electron chi connectivity index (χ3n) is 5.67. The molecule has 1 unspecified atom stereocenters. The van der Waals surface area contributed by atoms with Gasteiger partial charge in [0, 0.05) is 32.5 Å². The molecule has 0 saturated carbocycles. The fourth-order valence-corrected chi connectivity index (χ4v) is 6.59. The van der Waals surface area contributed by atoms with Gasteiger partial charge in [-0.25, -0.2) is 17.4 Å². The molecule has 1 aliphatic rings. The zero-order valence-corrected chi connectivity index (χ0v) is 21.5. The number of aryl methyl sites for hydroxylation is 1. The predicted molar refractivity (Wildman–Crippen MR) is 134 cm³/mol. The molecule has 1 aliphatic heterocycles. The van der Waals surface area contributed by atoms with Crippen molar-refractivity contribution in [2.24, 2.45) is 5.92 Å². The van der Waals surface area contributed by atoms with Crippen molar-refractivity contribution in [1.29, 1.82) is 4.78 Å². The molecule has 7 nitrogen and oxygen atoms in total. The summed E-state index contributed by atoms with van der Waals surface area (Å²) in [5, 5.41) is 0. The van der Waals surface area contributed by atoms with Crippen LogP contribution in [0.15, 0.2) is 52.3 Å². The molecule has 1 fully saturated rings. The van der Waals surface area contributed by atoms with Crippen molar-refractivity contribution in [2.75, 3.05) is 48.3 Å². The van der Waals surface area contributed by atoms with Crippen LogP contribution in [0.3, 0.4) is 0 Å². The van der Waals surface area contributed by atoms with E-state index in [1.807, 2.05) is 43.0 Å². The number of nitrogens with one attached hydrogen (secondary N) is 1. The van der Waals surface area contributed by atoms with Crippen LogP contribution in [-0.4, -0.2) is 51.7 Å². The maximum atomic E-state index is 13.8. The highest BCUT2D eigenvalue weighted by Crippen LogP contribution is 2.32. The Hall–Kier alpha value is -2.10. The first-order valence-corrected chi connectivity index (χ1v) is 14.8. The summed E-state index contributed by atoms with van der Waals surface area (Å²) >= 11 is 0. The van der Waals surface area contributed by atoms with Gasteiger partial charge in [-0.3, -0.25) is 4.31 Å². The summed E-state index contributed by atoms with van der Waals surface area (Å²) in [7, 11) is -7.09. The number of ether oxygens (including phenoxy) is 1. The molecular formula is C24H35N3O4S2. The minimum Gasteiger partial charge on any atom is -0.380 e. The largest absolute Gasteiger partial charge is 0.380 e. The van der Waals surface area contributed by atoms with Gasteiger partial charge >= 0.3 is 0 Å². The van der Waals surface area contributed by atoms with Gasteiger partial charge in [0.15, 0.2) is 0 Å². The lowest BCUT2D eigenvalue weighted by molar-refractivity contribution is 0.152. The Kier molecular flexibility index (Phi) is 8.08. The molecule has 1 atom stereocenters. The van der Waals surface area contributed by atoms with Crippen LogP contribution in [0.1, 0.15) is 32.8 Å². The Balaban J connectivity index is 2.09. The van der Waals surface area contributed by atoms with Gasteiger partial charge in [0.25, 0.3) is 10.0 Å². The first kappa shape index (κ1) is 25.5. The number of hydrogen-bond donors (Lipinski definition) is 1. The van der Waals surface area contributed by atoms with E-state index in [2.05, 4.69) is 6.92 Å². The van der Waals surface area contributed by atoms with E-state index < -0.39 is 19.8 Å². The first-order valence-electron chi connectivity index (χ1n) is 11.4. The second-order valence-electron chi connectivity index (χ2n) is 8.88. The summed E-state index contributed by atoms with van der Waals surface area (Å²) in [5.74, 6) is 0.105. The van der Waals surface area contributed by atoms with Crippen LogP contribution in [0.5, 0.6) is 0 Å². The molecule has 0 aliphatic carbocycles. The van der Waals surface area contributed by atoms with Crippen LogP contribution in [-0.2, 0) is 30.9 Å². The molecule has 2 aromatic rings. The predicted octanol–water partition coefficient (Wildman–Crippen LogP) is 4.36. The standard InChI is InChI=1S/C24H35N3O4S2/c1-5-20-7-9-21(10-8-20)27(18-19(2)3)33(29,30)22-11-12-23(24(17-22)32(4,25)28)26-13-6-15-31-16-14-26/h7-12,17,19,25H,5-6,13-16,18H2,1-4H3. The van der Waals surface area contributed by atoms with Gasteiger partial charge < -0.3 is 9.64 Å². The molecule has 0 bridgehead atoms. The third kappa shape index (κ3) is 6.07. The monoisotopic (exact) mass is 493 g/mol. The van der Waals surface area contributed by atoms with Crippen molar-refractivity contribution in [1.82, 2.24) is 0 Å². The minimum atomic E-state index is -3.92. The zero-order chi connectivity index (χ0) is 24.2. The van der Waals surface area contributed by atoms with E-state index in [0.717, 1.165) is 18.4 Å². The van der Waals surface area contributed by atoms with E-state index in [4.69, 9.17) is 9.52 Å². The fourth-order valence-electron chi connectivity index (χ4n) is 3.91. The van der Waals surface area contributed by atoms with Crippen LogP contribution in [0.25, 0.3) is 0 Å². The zero-order valence-electron chi connectivity index (χ0n) is 19.9.